The summed E-state index contributed by atoms with van der Waals surface area (Å²) < 4.78 is 4.87. The van der Waals surface area contributed by atoms with Crippen molar-refractivity contribution in [1.29, 1.82) is 0 Å². The van der Waals surface area contributed by atoms with Crippen molar-refractivity contribution in [1.82, 2.24) is 10.1 Å². The summed E-state index contributed by atoms with van der Waals surface area (Å²) in [5, 5.41) is 9.39. The Kier molecular flexibility index (Phi) is 6.44. The smallest absolute Gasteiger partial charge is 0.322 e. The molecule has 1 heterocycles. The zero-order valence-electron chi connectivity index (χ0n) is 13.4. The van der Waals surface area contributed by atoms with Gasteiger partial charge in [0.2, 0.25) is 5.91 Å². The minimum absolute atomic E-state index is 0.152. The van der Waals surface area contributed by atoms with E-state index in [1.165, 1.54) is 11.0 Å². The summed E-state index contributed by atoms with van der Waals surface area (Å²) in [5.74, 6) is 0.399. The number of nitrogens with zero attached hydrogens (tertiary/aromatic N) is 2. The van der Waals surface area contributed by atoms with E-state index in [0.29, 0.717) is 15.8 Å². The summed E-state index contributed by atoms with van der Waals surface area (Å²) in [6.07, 6.45) is 1.50. The van der Waals surface area contributed by atoms with Gasteiger partial charge in [-0.15, -0.1) is 6.58 Å². The molecule has 25 heavy (non-hydrogen) atoms. The molecule has 0 spiro atoms. The van der Waals surface area contributed by atoms with Crippen LogP contribution in [0, 0.1) is 6.92 Å². The van der Waals surface area contributed by atoms with Crippen molar-refractivity contribution >= 4 is 46.6 Å². The average molecular weight is 383 g/mol. The molecular weight excluding hydrogens is 367 g/mol. The van der Waals surface area contributed by atoms with Crippen LogP contribution in [0.2, 0.25) is 10.0 Å². The maximum Gasteiger partial charge on any atom is 0.322 e. The minimum atomic E-state index is -0.540. The third-order valence-corrected chi connectivity index (χ3v) is 3.69. The molecule has 0 aliphatic carbocycles. The van der Waals surface area contributed by atoms with Crippen molar-refractivity contribution < 1.29 is 14.1 Å². The van der Waals surface area contributed by atoms with Crippen molar-refractivity contribution in [2.24, 2.45) is 0 Å². The first-order chi connectivity index (χ1) is 11.9. The van der Waals surface area contributed by atoms with Crippen molar-refractivity contribution in [2.45, 2.75) is 6.92 Å². The van der Waals surface area contributed by atoms with E-state index < -0.39 is 11.9 Å². The average Bonchev–Trinajstić information content (AvgIpc) is 2.95. The topological polar surface area (TPSA) is 87.5 Å². The second kappa shape index (κ2) is 8.55. The van der Waals surface area contributed by atoms with Crippen LogP contribution < -0.4 is 10.6 Å². The molecule has 132 valence electrons. The minimum Gasteiger partial charge on any atom is -0.360 e. The van der Waals surface area contributed by atoms with E-state index in [9.17, 15) is 9.59 Å². The Hall–Kier alpha value is -2.51. The van der Waals surface area contributed by atoms with Gasteiger partial charge in [0.15, 0.2) is 5.82 Å². The van der Waals surface area contributed by atoms with Gasteiger partial charge in [-0.2, -0.15) is 0 Å². The fourth-order valence-corrected chi connectivity index (χ4v) is 2.45. The largest absolute Gasteiger partial charge is 0.360 e. The van der Waals surface area contributed by atoms with Crippen LogP contribution in [0.1, 0.15) is 5.76 Å². The third-order valence-electron chi connectivity index (χ3n) is 3.06. The van der Waals surface area contributed by atoms with Crippen molar-refractivity contribution in [3.63, 3.8) is 0 Å². The highest BCUT2D eigenvalue weighted by atomic mass is 35.5. The fourth-order valence-electron chi connectivity index (χ4n) is 1.96. The zero-order chi connectivity index (χ0) is 18.4. The number of hydrogen-bond donors (Lipinski definition) is 2. The Bertz CT molecular complexity index is 771. The molecule has 0 bridgehead atoms. The molecule has 0 unspecified atom stereocenters. The number of carbonyl (C=O) groups is 2. The molecule has 0 saturated carbocycles. The second-order valence-electron chi connectivity index (χ2n) is 5.07. The lowest BCUT2D eigenvalue weighted by molar-refractivity contribution is -0.116. The SMILES string of the molecule is C=CCN(CC(=O)Nc1cc(C)on1)C(=O)Nc1c(Cl)cccc1Cl. The molecule has 2 N–H and O–H groups in total. The van der Waals surface area contributed by atoms with Gasteiger partial charge >= 0.3 is 6.03 Å². The molecule has 9 heteroatoms. The van der Waals surface area contributed by atoms with Crippen LogP contribution in [0.25, 0.3) is 0 Å². The van der Waals surface area contributed by atoms with Gasteiger partial charge in [0.05, 0.1) is 15.7 Å². The zero-order valence-corrected chi connectivity index (χ0v) is 14.9. The van der Waals surface area contributed by atoms with Crippen LogP contribution in [0.3, 0.4) is 0 Å². The first kappa shape index (κ1) is 18.8. The summed E-state index contributed by atoms with van der Waals surface area (Å²) in [6.45, 7) is 5.22. The standard InChI is InChI=1S/C16H16Cl2N4O3/c1-3-7-22(9-14(23)19-13-8-10(2)25-21-13)16(24)20-15-11(17)5-4-6-12(15)18/h3-6,8H,1,7,9H2,2H3,(H,20,24)(H,19,21,23). The van der Waals surface area contributed by atoms with E-state index in [1.54, 1.807) is 31.2 Å². The number of amides is 3. The van der Waals surface area contributed by atoms with E-state index in [2.05, 4.69) is 22.4 Å². The number of benzene rings is 1. The number of aryl methyl sites for hydroxylation is 1. The van der Waals surface area contributed by atoms with Gasteiger partial charge in [0.1, 0.15) is 12.3 Å². The Labute approximate surface area is 154 Å². The highest BCUT2D eigenvalue weighted by Crippen LogP contribution is 2.29. The van der Waals surface area contributed by atoms with E-state index in [-0.39, 0.29) is 24.6 Å². The van der Waals surface area contributed by atoms with Gasteiger partial charge in [-0.1, -0.05) is 40.5 Å². The lowest BCUT2D eigenvalue weighted by Gasteiger charge is -2.21. The molecule has 2 rings (SSSR count). The highest BCUT2D eigenvalue weighted by Gasteiger charge is 2.19. The van der Waals surface area contributed by atoms with Crippen LogP contribution in [0.4, 0.5) is 16.3 Å². The molecule has 3 amide bonds. The van der Waals surface area contributed by atoms with Crippen LogP contribution in [0.15, 0.2) is 41.4 Å². The van der Waals surface area contributed by atoms with E-state index in [4.69, 9.17) is 27.7 Å². The van der Waals surface area contributed by atoms with Crippen LogP contribution in [0.5, 0.6) is 0 Å². The molecule has 7 nitrogen and oxygen atoms in total. The van der Waals surface area contributed by atoms with Gasteiger partial charge in [-0.05, 0) is 19.1 Å². The predicted molar refractivity (Wildman–Crippen MR) is 97.1 cm³/mol. The Morgan fingerprint density at radius 2 is 2.00 bits per heavy atom. The number of aromatic nitrogens is 1. The number of halogens is 2. The monoisotopic (exact) mass is 382 g/mol. The number of urea groups is 1. The van der Waals surface area contributed by atoms with E-state index in [0.717, 1.165) is 0 Å². The normalized spacial score (nSPS) is 10.2. The number of nitrogens with one attached hydrogen (secondary N) is 2. The number of rotatable bonds is 6. The van der Waals surface area contributed by atoms with Gasteiger partial charge in [-0.3, -0.25) is 4.79 Å². The maximum atomic E-state index is 12.4. The summed E-state index contributed by atoms with van der Waals surface area (Å²) in [6, 6.07) is 5.89. The maximum absolute atomic E-state index is 12.4. The first-order valence-electron chi connectivity index (χ1n) is 7.24. The summed E-state index contributed by atoms with van der Waals surface area (Å²) >= 11 is 12.1. The van der Waals surface area contributed by atoms with Gasteiger partial charge in [-0.25, -0.2) is 4.79 Å². The van der Waals surface area contributed by atoms with Gasteiger partial charge in [0.25, 0.3) is 0 Å². The van der Waals surface area contributed by atoms with Gasteiger partial charge < -0.3 is 20.1 Å². The molecule has 1 aromatic heterocycles. The van der Waals surface area contributed by atoms with E-state index in [1.807, 2.05) is 0 Å². The Morgan fingerprint density at radius 3 is 2.56 bits per heavy atom. The molecule has 0 aliphatic heterocycles. The fraction of sp³-hybridized carbons (Fsp3) is 0.188. The number of para-hydroxylation sites is 1. The van der Waals surface area contributed by atoms with Gasteiger partial charge in [0, 0.05) is 12.6 Å². The lowest BCUT2D eigenvalue weighted by Crippen LogP contribution is -2.40. The third kappa shape index (κ3) is 5.23. The molecule has 0 radical (unpaired) electrons. The molecule has 1 aromatic carbocycles. The van der Waals surface area contributed by atoms with E-state index >= 15 is 0 Å². The van der Waals surface area contributed by atoms with Crippen molar-refractivity contribution in [3.8, 4) is 0 Å². The summed E-state index contributed by atoms with van der Waals surface area (Å²) in [5.41, 5.74) is 0.275. The van der Waals surface area contributed by atoms with Crippen LogP contribution in [-0.2, 0) is 4.79 Å². The molecular formula is C16H16Cl2N4O3. The van der Waals surface area contributed by atoms with Crippen molar-refractivity contribution in [3.05, 3.63) is 52.7 Å². The first-order valence-corrected chi connectivity index (χ1v) is 8.00. The van der Waals surface area contributed by atoms with Crippen LogP contribution >= 0.6 is 23.2 Å². The quantitative estimate of drug-likeness (QED) is 0.740. The number of anilines is 2. The molecule has 0 atom stereocenters. The van der Waals surface area contributed by atoms with Crippen LogP contribution in [-0.4, -0.2) is 35.1 Å². The molecule has 0 fully saturated rings. The predicted octanol–water partition coefficient (Wildman–Crippen LogP) is 3.95. The summed E-state index contributed by atoms with van der Waals surface area (Å²) in [7, 11) is 0. The Morgan fingerprint density at radius 1 is 1.32 bits per heavy atom. The molecule has 0 aliphatic rings. The van der Waals surface area contributed by atoms with Crippen molar-refractivity contribution in [2.75, 3.05) is 23.7 Å². The lowest BCUT2D eigenvalue weighted by atomic mass is 10.3. The molecule has 0 saturated heterocycles. The Balaban J connectivity index is 2.04. The molecule has 2 aromatic rings. The number of carbonyl (C=O) groups excluding carboxylic acids is 2. The second-order valence-corrected chi connectivity index (χ2v) is 5.88. The number of hydrogen-bond acceptors (Lipinski definition) is 4. The highest BCUT2D eigenvalue weighted by molar-refractivity contribution is 6.39. The summed E-state index contributed by atoms with van der Waals surface area (Å²) in [4.78, 5) is 25.8.